The van der Waals surface area contributed by atoms with Gasteiger partial charge in [0.1, 0.15) is 16.4 Å². The molecule has 0 saturated carbocycles. The first kappa shape index (κ1) is 13.5. The summed E-state index contributed by atoms with van der Waals surface area (Å²) in [4.78, 5) is 4.39. The van der Waals surface area contributed by atoms with Gasteiger partial charge in [0.15, 0.2) is 5.75 Å². The van der Waals surface area contributed by atoms with Gasteiger partial charge in [0.25, 0.3) is 0 Å². The molecule has 0 aliphatic heterocycles. The Morgan fingerprint density at radius 2 is 1.95 bits per heavy atom. The Bertz CT molecular complexity index is 638. The van der Waals surface area contributed by atoms with Crippen LogP contribution in [0.4, 0.5) is 0 Å². The molecule has 2 aromatic rings. The summed E-state index contributed by atoms with van der Waals surface area (Å²) in [6.45, 7) is 6.13. The monoisotopic (exact) mass is 272 g/mol. The number of benzene rings is 1. The number of ether oxygens (including phenoxy) is 1. The predicted molar refractivity (Wildman–Crippen MR) is 80.9 cm³/mol. The number of pyridine rings is 1. The molecule has 0 unspecified atom stereocenters. The fourth-order valence-corrected chi connectivity index (χ4v) is 2.04. The number of hydrogen-bond donors (Lipinski definition) is 1. The maximum Gasteiger partial charge on any atom is 0.156 e. The van der Waals surface area contributed by atoms with Crippen molar-refractivity contribution >= 4 is 17.2 Å². The Morgan fingerprint density at radius 1 is 1.21 bits per heavy atom. The molecule has 3 nitrogen and oxygen atoms in total. The van der Waals surface area contributed by atoms with E-state index < -0.39 is 0 Å². The van der Waals surface area contributed by atoms with Crippen LogP contribution >= 0.6 is 12.2 Å². The molecule has 0 fully saturated rings. The van der Waals surface area contributed by atoms with Gasteiger partial charge in [-0.2, -0.15) is 0 Å². The first-order valence-corrected chi connectivity index (χ1v) is 6.40. The lowest BCUT2D eigenvalue weighted by Gasteiger charge is -2.13. The van der Waals surface area contributed by atoms with E-state index in [0.29, 0.717) is 11.4 Å². The largest absolute Gasteiger partial charge is 0.455 e. The molecule has 0 radical (unpaired) electrons. The summed E-state index contributed by atoms with van der Waals surface area (Å²) in [5.41, 5.74) is 9.61. The second-order valence-corrected chi connectivity index (χ2v) is 4.96. The van der Waals surface area contributed by atoms with Crippen LogP contribution in [-0.2, 0) is 0 Å². The first-order chi connectivity index (χ1) is 8.99. The van der Waals surface area contributed by atoms with E-state index in [1.807, 2.05) is 26.0 Å². The van der Waals surface area contributed by atoms with E-state index in [1.54, 1.807) is 12.3 Å². The lowest BCUT2D eigenvalue weighted by atomic mass is 10.1. The molecule has 0 aliphatic rings. The van der Waals surface area contributed by atoms with Gasteiger partial charge in [-0.05, 0) is 55.7 Å². The zero-order chi connectivity index (χ0) is 14.0. The highest BCUT2D eigenvalue weighted by molar-refractivity contribution is 7.80. The molecule has 0 atom stereocenters. The Morgan fingerprint density at radius 3 is 2.63 bits per heavy atom. The van der Waals surface area contributed by atoms with Gasteiger partial charge in [-0.15, -0.1) is 0 Å². The van der Waals surface area contributed by atoms with E-state index in [9.17, 15) is 0 Å². The van der Waals surface area contributed by atoms with Gasteiger partial charge in [-0.25, -0.2) is 4.98 Å². The lowest BCUT2D eigenvalue weighted by molar-refractivity contribution is 0.474. The van der Waals surface area contributed by atoms with Crippen molar-refractivity contribution in [1.82, 2.24) is 4.98 Å². The SMILES string of the molecule is Cc1cc(C)c(C)c(Oc2cccnc2C(N)=S)c1. The van der Waals surface area contributed by atoms with Crippen LogP contribution in [0.1, 0.15) is 22.4 Å². The van der Waals surface area contributed by atoms with Gasteiger partial charge in [-0.3, -0.25) is 0 Å². The Labute approximate surface area is 118 Å². The summed E-state index contributed by atoms with van der Waals surface area (Å²) >= 11 is 4.99. The molecule has 2 rings (SSSR count). The third kappa shape index (κ3) is 2.90. The third-order valence-electron chi connectivity index (χ3n) is 2.99. The van der Waals surface area contributed by atoms with Crippen LogP contribution in [0.15, 0.2) is 30.5 Å². The van der Waals surface area contributed by atoms with E-state index >= 15 is 0 Å². The molecule has 2 N–H and O–H groups in total. The van der Waals surface area contributed by atoms with Crippen molar-refractivity contribution in [3.05, 3.63) is 52.8 Å². The van der Waals surface area contributed by atoms with Crippen molar-refractivity contribution in [3.8, 4) is 11.5 Å². The Balaban J connectivity index is 2.45. The molecule has 1 aromatic heterocycles. The maximum atomic E-state index is 5.93. The van der Waals surface area contributed by atoms with Crippen molar-refractivity contribution < 1.29 is 4.74 Å². The fraction of sp³-hybridized carbons (Fsp3) is 0.200. The fourth-order valence-electron chi connectivity index (χ4n) is 1.88. The highest BCUT2D eigenvalue weighted by Gasteiger charge is 2.11. The van der Waals surface area contributed by atoms with Gasteiger partial charge >= 0.3 is 0 Å². The molecular formula is C15H16N2OS. The van der Waals surface area contributed by atoms with Gasteiger partial charge in [-0.1, -0.05) is 18.3 Å². The normalized spacial score (nSPS) is 10.3. The molecule has 4 heteroatoms. The van der Waals surface area contributed by atoms with Crippen LogP contribution in [0.3, 0.4) is 0 Å². The number of thiocarbonyl (C=S) groups is 1. The van der Waals surface area contributed by atoms with Crippen molar-refractivity contribution in [2.24, 2.45) is 5.73 Å². The van der Waals surface area contributed by atoms with Crippen molar-refractivity contribution in [2.75, 3.05) is 0 Å². The molecule has 98 valence electrons. The quantitative estimate of drug-likeness (QED) is 0.870. The highest BCUT2D eigenvalue weighted by atomic mass is 32.1. The minimum absolute atomic E-state index is 0.234. The summed E-state index contributed by atoms with van der Waals surface area (Å²) in [6, 6.07) is 7.74. The third-order valence-corrected chi connectivity index (χ3v) is 3.18. The van der Waals surface area contributed by atoms with Crippen LogP contribution in [0.25, 0.3) is 0 Å². The summed E-state index contributed by atoms with van der Waals surface area (Å²) in [7, 11) is 0. The minimum Gasteiger partial charge on any atom is -0.455 e. The Hall–Kier alpha value is -1.94. The van der Waals surface area contributed by atoms with E-state index in [4.69, 9.17) is 22.7 Å². The molecular weight excluding hydrogens is 256 g/mol. The second-order valence-electron chi connectivity index (χ2n) is 4.52. The zero-order valence-corrected chi connectivity index (χ0v) is 12.0. The Kier molecular flexibility index (Phi) is 3.81. The summed E-state index contributed by atoms with van der Waals surface area (Å²) in [6.07, 6.45) is 1.65. The van der Waals surface area contributed by atoms with Gasteiger partial charge in [0.05, 0.1) is 0 Å². The van der Waals surface area contributed by atoms with E-state index in [2.05, 4.69) is 18.0 Å². The number of nitrogens with two attached hydrogens (primary N) is 1. The molecule has 19 heavy (non-hydrogen) atoms. The highest BCUT2D eigenvalue weighted by Crippen LogP contribution is 2.29. The smallest absolute Gasteiger partial charge is 0.156 e. The van der Waals surface area contributed by atoms with Crippen molar-refractivity contribution in [2.45, 2.75) is 20.8 Å². The molecule has 0 saturated heterocycles. The van der Waals surface area contributed by atoms with Gasteiger partial charge < -0.3 is 10.5 Å². The van der Waals surface area contributed by atoms with E-state index in [0.717, 1.165) is 16.9 Å². The van der Waals surface area contributed by atoms with Crippen LogP contribution in [0.2, 0.25) is 0 Å². The number of aryl methyl sites for hydroxylation is 2. The number of hydrogen-bond acceptors (Lipinski definition) is 3. The average molecular weight is 272 g/mol. The van der Waals surface area contributed by atoms with Crippen LogP contribution < -0.4 is 10.5 Å². The second kappa shape index (κ2) is 5.36. The van der Waals surface area contributed by atoms with Crippen LogP contribution in [-0.4, -0.2) is 9.97 Å². The minimum atomic E-state index is 0.234. The molecule has 0 bridgehead atoms. The van der Waals surface area contributed by atoms with Crippen LogP contribution in [0.5, 0.6) is 11.5 Å². The topological polar surface area (TPSA) is 48.1 Å². The van der Waals surface area contributed by atoms with E-state index in [1.165, 1.54) is 5.56 Å². The molecule has 0 amide bonds. The van der Waals surface area contributed by atoms with E-state index in [-0.39, 0.29) is 4.99 Å². The maximum absolute atomic E-state index is 5.93. The van der Waals surface area contributed by atoms with Crippen molar-refractivity contribution in [1.29, 1.82) is 0 Å². The summed E-state index contributed by atoms with van der Waals surface area (Å²) in [5.74, 6) is 1.39. The standard InChI is InChI=1S/C15H16N2OS/c1-9-7-10(2)11(3)13(8-9)18-12-5-4-6-17-14(12)15(16)19/h4-8H,1-3H3,(H2,16,19). The number of aromatic nitrogens is 1. The number of rotatable bonds is 3. The summed E-state index contributed by atoms with van der Waals surface area (Å²) < 4.78 is 5.93. The number of nitrogens with zero attached hydrogens (tertiary/aromatic N) is 1. The van der Waals surface area contributed by atoms with Gasteiger partial charge in [0.2, 0.25) is 0 Å². The summed E-state index contributed by atoms with van der Waals surface area (Å²) in [5, 5.41) is 0. The lowest BCUT2D eigenvalue weighted by Crippen LogP contribution is -2.12. The van der Waals surface area contributed by atoms with Crippen molar-refractivity contribution in [3.63, 3.8) is 0 Å². The molecule has 1 aromatic carbocycles. The van der Waals surface area contributed by atoms with Gasteiger partial charge in [0, 0.05) is 6.20 Å². The zero-order valence-electron chi connectivity index (χ0n) is 11.2. The molecule has 0 spiro atoms. The average Bonchev–Trinajstić information content (AvgIpc) is 2.35. The first-order valence-electron chi connectivity index (χ1n) is 5.99. The molecule has 1 heterocycles. The predicted octanol–water partition coefficient (Wildman–Crippen LogP) is 3.43. The molecule has 0 aliphatic carbocycles. The van der Waals surface area contributed by atoms with Crippen LogP contribution in [0, 0.1) is 20.8 Å².